The maximum Gasteiger partial charge on any atom is 0.305 e. The molecule has 1 unspecified atom stereocenters. The molecule has 104 valence electrons. The van der Waals surface area contributed by atoms with E-state index in [0.717, 1.165) is 9.37 Å². The van der Waals surface area contributed by atoms with Gasteiger partial charge in [0.05, 0.1) is 6.42 Å². The quantitative estimate of drug-likeness (QED) is 0.745. The summed E-state index contributed by atoms with van der Waals surface area (Å²) in [5.74, 6) is -0.363. The summed E-state index contributed by atoms with van der Waals surface area (Å²) in [7, 11) is 0. The van der Waals surface area contributed by atoms with E-state index in [2.05, 4.69) is 21.2 Å². The highest BCUT2D eigenvalue weighted by molar-refractivity contribution is 9.10. The Hall–Kier alpha value is -1.01. The second kappa shape index (κ2) is 8.22. The normalized spacial score (nSPS) is 11.9. The van der Waals surface area contributed by atoms with Crippen LogP contribution in [0.2, 0.25) is 0 Å². The topological polar surface area (TPSA) is 66.4 Å². The summed E-state index contributed by atoms with van der Waals surface area (Å²) in [6.45, 7) is 1.69. The first kappa shape index (κ1) is 16.0. The van der Waals surface area contributed by atoms with Crippen LogP contribution in [-0.2, 0) is 9.59 Å². The number of carboxylic acid groups (broad SMARTS) is 1. The Morgan fingerprint density at radius 3 is 2.74 bits per heavy atom. The number of carbonyl (C=O) groups excluding carboxylic acids is 1. The first-order valence-electron chi connectivity index (χ1n) is 5.87. The predicted molar refractivity (Wildman–Crippen MR) is 79.3 cm³/mol. The summed E-state index contributed by atoms with van der Waals surface area (Å²) < 4.78 is 1.01. The SMILES string of the molecule is CC(CC(=O)O)NC(=O)CCSc1ccccc1Br. The number of rotatable bonds is 7. The van der Waals surface area contributed by atoms with Crippen LogP contribution in [0.4, 0.5) is 0 Å². The van der Waals surface area contributed by atoms with E-state index in [4.69, 9.17) is 5.11 Å². The Morgan fingerprint density at radius 2 is 2.11 bits per heavy atom. The monoisotopic (exact) mass is 345 g/mol. The highest BCUT2D eigenvalue weighted by Gasteiger charge is 2.10. The number of carboxylic acids is 1. The Kier molecular flexibility index (Phi) is 6.94. The summed E-state index contributed by atoms with van der Waals surface area (Å²) in [4.78, 5) is 23.1. The summed E-state index contributed by atoms with van der Waals surface area (Å²) in [6.07, 6.45) is 0.319. The van der Waals surface area contributed by atoms with Crippen LogP contribution >= 0.6 is 27.7 Å². The van der Waals surface area contributed by atoms with Gasteiger partial charge in [0.15, 0.2) is 0 Å². The number of hydrogen-bond donors (Lipinski definition) is 2. The Labute approximate surface area is 125 Å². The van der Waals surface area contributed by atoms with Crippen LogP contribution in [0.15, 0.2) is 33.6 Å². The molecule has 0 saturated carbocycles. The van der Waals surface area contributed by atoms with Crippen molar-refractivity contribution in [2.45, 2.75) is 30.7 Å². The zero-order valence-corrected chi connectivity index (χ0v) is 13.0. The van der Waals surface area contributed by atoms with Crippen LogP contribution < -0.4 is 5.32 Å². The fraction of sp³-hybridized carbons (Fsp3) is 0.385. The average molecular weight is 346 g/mol. The van der Waals surface area contributed by atoms with E-state index < -0.39 is 5.97 Å². The van der Waals surface area contributed by atoms with E-state index in [1.54, 1.807) is 18.7 Å². The van der Waals surface area contributed by atoms with E-state index in [-0.39, 0.29) is 18.4 Å². The molecule has 1 amide bonds. The largest absolute Gasteiger partial charge is 0.481 e. The predicted octanol–water partition coefficient (Wildman–Crippen LogP) is 2.91. The first-order valence-corrected chi connectivity index (χ1v) is 7.65. The number of hydrogen-bond acceptors (Lipinski definition) is 3. The van der Waals surface area contributed by atoms with Gasteiger partial charge in [-0.05, 0) is 35.0 Å². The second-order valence-electron chi connectivity index (χ2n) is 4.10. The molecule has 0 saturated heterocycles. The molecular weight excluding hydrogens is 330 g/mol. The van der Waals surface area contributed by atoms with E-state index in [1.807, 2.05) is 24.3 Å². The van der Waals surface area contributed by atoms with E-state index >= 15 is 0 Å². The van der Waals surface area contributed by atoms with Gasteiger partial charge in [0.25, 0.3) is 0 Å². The third-order valence-corrected chi connectivity index (χ3v) is 4.34. The van der Waals surface area contributed by atoms with Crippen molar-refractivity contribution >= 4 is 39.6 Å². The number of aliphatic carboxylic acids is 1. The standard InChI is InChI=1S/C13H16BrNO3S/c1-9(8-13(17)18)15-12(16)6-7-19-11-5-3-2-4-10(11)14/h2-5,9H,6-8H2,1H3,(H,15,16)(H,17,18). The van der Waals surface area contributed by atoms with Crippen molar-refractivity contribution in [2.75, 3.05) is 5.75 Å². The number of carbonyl (C=O) groups is 2. The maximum atomic E-state index is 11.6. The molecule has 0 bridgehead atoms. The van der Waals surface area contributed by atoms with Crippen molar-refractivity contribution in [3.8, 4) is 0 Å². The molecule has 0 spiro atoms. The van der Waals surface area contributed by atoms with Gasteiger partial charge in [-0.15, -0.1) is 11.8 Å². The number of nitrogens with one attached hydrogen (secondary N) is 1. The summed E-state index contributed by atoms with van der Waals surface area (Å²) in [5, 5.41) is 11.3. The van der Waals surface area contributed by atoms with Crippen LogP contribution in [0, 0.1) is 0 Å². The zero-order chi connectivity index (χ0) is 14.3. The minimum Gasteiger partial charge on any atom is -0.481 e. The lowest BCUT2D eigenvalue weighted by Gasteiger charge is -2.11. The number of halogens is 1. The molecule has 19 heavy (non-hydrogen) atoms. The highest BCUT2D eigenvalue weighted by Crippen LogP contribution is 2.27. The van der Waals surface area contributed by atoms with Crippen molar-refractivity contribution in [1.29, 1.82) is 0 Å². The summed E-state index contributed by atoms with van der Waals surface area (Å²) in [5.41, 5.74) is 0. The Bertz CT molecular complexity index is 453. The van der Waals surface area contributed by atoms with Gasteiger partial charge in [-0.2, -0.15) is 0 Å². The highest BCUT2D eigenvalue weighted by atomic mass is 79.9. The van der Waals surface area contributed by atoms with Gasteiger partial charge in [0.2, 0.25) is 5.91 Å². The van der Waals surface area contributed by atoms with Crippen molar-refractivity contribution in [3.63, 3.8) is 0 Å². The van der Waals surface area contributed by atoms with Crippen molar-refractivity contribution in [2.24, 2.45) is 0 Å². The lowest BCUT2D eigenvalue weighted by molar-refractivity contribution is -0.137. The van der Waals surface area contributed by atoms with Gasteiger partial charge < -0.3 is 10.4 Å². The molecular formula is C13H16BrNO3S. The molecule has 6 heteroatoms. The minimum absolute atomic E-state index is 0.0525. The summed E-state index contributed by atoms with van der Waals surface area (Å²) in [6, 6.07) is 7.49. The lowest BCUT2D eigenvalue weighted by Crippen LogP contribution is -2.34. The molecule has 1 rings (SSSR count). The zero-order valence-electron chi connectivity index (χ0n) is 10.6. The molecule has 1 aromatic rings. The molecule has 0 aliphatic carbocycles. The Balaban J connectivity index is 2.28. The molecule has 4 nitrogen and oxygen atoms in total. The van der Waals surface area contributed by atoms with Gasteiger partial charge in [0.1, 0.15) is 0 Å². The van der Waals surface area contributed by atoms with Crippen LogP contribution in [0.1, 0.15) is 19.8 Å². The van der Waals surface area contributed by atoms with Gasteiger partial charge >= 0.3 is 5.97 Å². The van der Waals surface area contributed by atoms with E-state index in [1.165, 1.54) is 0 Å². The molecule has 0 aliphatic rings. The Morgan fingerprint density at radius 1 is 1.42 bits per heavy atom. The molecule has 2 N–H and O–H groups in total. The molecule has 0 aliphatic heterocycles. The molecule has 1 aromatic carbocycles. The van der Waals surface area contributed by atoms with Crippen LogP contribution in [0.3, 0.4) is 0 Å². The molecule has 1 atom stereocenters. The van der Waals surface area contributed by atoms with E-state index in [0.29, 0.717) is 12.2 Å². The fourth-order valence-electron chi connectivity index (χ4n) is 1.48. The van der Waals surface area contributed by atoms with Gasteiger partial charge in [-0.1, -0.05) is 12.1 Å². The average Bonchev–Trinajstić information content (AvgIpc) is 2.30. The number of amides is 1. The van der Waals surface area contributed by atoms with E-state index in [9.17, 15) is 9.59 Å². The minimum atomic E-state index is -0.907. The van der Waals surface area contributed by atoms with Crippen molar-refractivity contribution in [3.05, 3.63) is 28.7 Å². The smallest absolute Gasteiger partial charge is 0.305 e. The van der Waals surface area contributed by atoms with Crippen molar-refractivity contribution < 1.29 is 14.7 Å². The van der Waals surface area contributed by atoms with Gasteiger partial charge in [0, 0.05) is 27.6 Å². The molecule has 0 aromatic heterocycles. The van der Waals surface area contributed by atoms with Gasteiger partial charge in [-0.25, -0.2) is 0 Å². The van der Waals surface area contributed by atoms with Gasteiger partial charge in [-0.3, -0.25) is 9.59 Å². The third kappa shape index (κ3) is 6.63. The molecule has 0 fully saturated rings. The lowest BCUT2D eigenvalue weighted by atomic mass is 10.2. The van der Waals surface area contributed by atoms with Crippen LogP contribution in [0.25, 0.3) is 0 Å². The number of benzene rings is 1. The van der Waals surface area contributed by atoms with Crippen LogP contribution in [0.5, 0.6) is 0 Å². The van der Waals surface area contributed by atoms with Crippen molar-refractivity contribution in [1.82, 2.24) is 5.32 Å². The van der Waals surface area contributed by atoms with Crippen LogP contribution in [-0.4, -0.2) is 28.8 Å². The molecule has 0 radical (unpaired) electrons. The second-order valence-corrected chi connectivity index (χ2v) is 6.09. The maximum absolute atomic E-state index is 11.6. The molecule has 0 heterocycles. The third-order valence-electron chi connectivity index (χ3n) is 2.31. The number of thioether (sulfide) groups is 1. The fourth-order valence-corrected chi connectivity index (χ4v) is 2.99. The summed E-state index contributed by atoms with van der Waals surface area (Å²) >= 11 is 5.04. The first-order chi connectivity index (χ1) is 8.99.